The van der Waals surface area contributed by atoms with Crippen molar-refractivity contribution in [1.82, 2.24) is 14.8 Å². The van der Waals surface area contributed by atoms with Gasteiger partial charge in [-0.3, -0.25) is 14.7 Å². The summed E-state index contributed by atoms with van der Waals surface area (Å²) in [6.45, 7) is 3.67. The Morgan fingerprint density at radius 3 is 2.54 bits per heavy atom. The topological polar surface area (TPSA) is 36.4 Å². The van der Waals surface area contributed by atoms with E-state index >= 15 is 0 Å². The summed E-state index contributed by atoms with van der Waals surface area (Å²) in [5.74, 6) is 0.141. The average molecular weight is 371 g/mol. The van der Waals surface area contributed by atoms with Crippen LogP contribution >= 0.6 is 0 Å². The molecule has 5 rings (SSSR count). The minimum Gasteiger partial charge on any atom is -0.337 e. The molecule has 1 aliphatic carbocycles. The lowest BCUT2D eigenvalue weighted by atomic mass is 10.1. The Hall–Kier alpha value is -2.72. The number of carbonyl (C=O) groups is 1. The van der Waals surface area contributed by atoms with Gasteiger partial charge in [0.2, 0.25) is 0 Å². The summed E-state index contributed by atoms with van der Waals surface area (Å²) in [4.78, 5) is 22.1. The minimum atomic E-state index is 0.141. The second kappa shape index (κ2) is 7.36. The maximum absolute atomic E-state index is 13.1. The molecular weight excluding hydrogens is 346 g/mol. The van der Waals surface area contributed by atoms with Gasteiger partial charge in [-0.2, -0.15) is 0 Å². The lowest BCUT2D eigenvalue weighted by Crippen LogP contribution is -2.40. The van der Waals surface area contributed by atoms with Crippen LogP contribution in [0.25, 0.3) is 10.9 Å². The highest BCUT2D eigenvalue weighted by molar-refractivity contribution is 5.97. The SMILES string of the molecule is O=C(c1ccc2ncccc2c1)N1CCCN(C2Cc3ccccc3C2)CC1. The highest BCUT2D eigenvalue weighted by atomic mass is 16.2. The molecule has 28 heavy (non-hydrogen) atoms. The Morgan fingerprint density at radius 1 is 0.893 bits per heavy atom. The molecule has 0 unspecified atom stereocenters. The number of carbonyl (C=O) groups excluding carboxylic acids is 1. The third kappa shape index (κ3) is 3.29. The summed E-state index contributed by atoms with van der Waals surface area (Å²) in [6.07, 6.45) is 5.10. The molecule has 1 fully saturated rings. The predicted octanol–water partition coefficient (Wildman–Crippen LogP) is 3.55. The molecule has 2 aliphatic rings. The number of amides is 1. The fourth-order valence-electron chi connectivity index (χ4n) is 4.69. The zero-order chi connectivity index (χ0) is 18.9. The van der Waals surface area contributed by atoms with E-state index in [9.17, 15) is 4.79 Å². The fourth-order valence-corrected chi connectivity index (χ4v) is 4.69. The molecule has 1 saturated heterocycles. The van der Waals surface area contributed by atoms with E-state index in [1.165, 1.54) is 11.1 Å². The summed E-state index contributed by atoms with van der Waals surface area (Å²) < 4.78 is 0. The number of hydrogen-bond donors (Lipinski definition) is 0. The average Bonchev–Trinajstić information content (AvgIpc) is 3.02. The Morgan fingerprint density at radius 2 is 1.71 bits per heavy atom. The van der Waals surface area contributed by atoms with Crippen LogP contribution in [0.2, 0.25) is 0 Å². The Labute approximate surface area is 165 Å². The van der Waals surface area contributed by atoms with Crippen molar-refractivity contribution in [3.8, 4) is 0 Å². The normalized spacial score (nSPS) is 18.2. The van der Waals surface area contributed by atoms with Gasteiger partial charge in [0.1, 0.15) is 0 Å². The van der Waals surface area contributed by atoms with Gasteiger partial charge in [-0.1, -0.05) is 30.3 Å². The van der Waals surface area contributed by atoms with E-state index in [1.54, 1.807) is 6.20 Å². The number of rotatable bonds is 2. The molecule has 0 saturated carbocycles. The number of aromatic nitrogens is 1. The van der Waals surface area contributed by atoms with Crippen molar-refractivity contribution < 1.29 is 4.79 Å². The van der Waals surface area contributed by atoms with Crippen molar-refractivity contribution in [1.29, 1.82) is 0 Å². The van der Waals surface area contributed by atoms with Gasteiger partial charge in [-0.05, 0) is 54.7 Å². The summed E-state index contributed by atoms with van der Waals surface area (Å²) >= 11 is 0. The molecule has 4 heteroatoms. The molecule has 0 N–H and O–H groups in total. The standard InChI is InChI=1S/C24H25N3O/c28-24(21-8-9-23-20(15-21)7-3-10-25-23)27-12-4-11-26(13-14-27)22-16-18-5-1-2-6-19(18)17-22/h1-3,5-10,15,22H,4,11-14,16-17H2. The van der Waals surface area contributed by atoms with Crippen molar-refractivity contribution in [2.24, 2.45) is 0 Å². The molecular formula is C24H25N3O. The third-order valence-corrected chi connectivity index (χ3v) is 6.21. The van der Waals surface area contributed by atoms with E-state index in [4.69, 9.17) is 0 Å². The molecule has 2 aromatic carbocycles. The molecule has 0 radical (unpaired) electrons. The number of pyridine rings is 1. The van der Waals surface area contributed by atoms with E-state index in [2.05, 4.69) is 34.1 Å². The van der Waals surface area contributed by atoms with Gasteiger partial charge in [0.25, 0.3) is 5.91 Å². The highest BCUT2D eigenvalue weighted by Crippen LogP contribution is 2.26. The lowest BCUT2D eigenvalue weighted by Gasteiger charge is -2.27. The maximum atomic E-state index is 13.1. The molecule has 0 spiro atoms. The lowest BCUT2D eigenvalue weighted by molar-refractivity contribution is 0.0758. The van der Waals surface area contributed by atoms with E-state index in [0.717, 1.165) is 61.9 Å². The monoisotopic (exact) mass is 371 g/mol. The second-order valence-corrected chi connectivity index (χ2v) is 7.92. The Bertz CT molecular complexity index is 990. The number of hydrogen-bond acceptors (Lipinski definition) is 3. The molecule has 1 aliphatic heterocycles. The van der Waals surface area contributed by atoms with Crippen molar-refractivity contribution in [2.75, 3.05) is 26.2 Å². The molecule has 4 nitrogen and oxygen atoms in total. The number of fused-ring (bicyclic) bond motifs is 2. The van der Waals surface area contributed by atoms with Gasteiger partial charge >= 0.3 is 0 Å². The zero-order valence-corrected chi connectivity index (χ0v) is 16.1. The van der Waals surface area contributed by atoms with Gasteiger partial charge in [0.05, 0.1) is 5.52 Å². The smallest absolute Gasteiger partial charge is 0.253 e. The van der Waals surface area contributed by atoms with Gasteiger partial charge in [0.15, 0.2) is 0 Å². The molecule has 3 aromatic rings. The first kappa shape index (κ1) is 17.4. The number of nitrogens with zero attached hydrogens (tertiary/aromatic N) is 3. The van der Waals surface area contributed by atoms with E-state index < -0.39 is 0 Å². The highest BCUT2D eigenvalue weighted by Gasteiger charge is 2.29. The van der Waals surface area contributed by atoms with Gasteiger partial charge in [-0.25, -0.2) is 0 Å². The van der Waals surface area contributed by atoms with Gasteiger partial charge in [-0.15, -0.1) is 0 Å². The number of benzene rings is 2. The van der Waals surface area contributed by atoms with Crippen LogP contribution in [0.3, 0.4) is 0 Å². The summed E-state index contributed by atoms with van der Waals surface area (Å²) in [6, 6.07) is 19.2. The third-order valence-electron chi connectivity index (χ3n) is 6.21. The first-order chi connectivity index (χ1) is 13.8. The van der Waals surface area contributed by atoms with E-state index in [1.807, 2.05) is 35.2 Å². The molecule has 0 bridgehead atoms. The van der Waals surface area contributed by atoms with Gasteiger partial charge in [0, 0.05) is 49.4 Å². The summed E-state index contributed by atoms with van der Waals surface area (Å²) in [5.41, 5.74) is 4.69. The summed E-state index contributed by atoms with van der Waals surface area (Å²) in [7, 11) is 0. The zero-order valence-electron chi connectivity index (χ0n) is 16.1. The van der Waals surface area contributed by atoms with Crippen molar-refractivity contribution in [3.05, 3.63) is 77.5 Å². The van der Waals surface area contributed by atoms with E-state index in [0.29, 0.717) is 6.04 Å². The van der Waals surface area contributed by atoms with E-state index in [-0.39, 0.29) is 5.91 Å². The van der Waals surface area contributed by atoms with Crippen LogP contribution in [0.5, 0.6) is 0 Å². The predicted molar refractivity (Wildman–Crippen MR) is 111 cm³/mol. The van der Waals surface area contributed by atoms with Crippen molar-refractivity contribution in [3.63, 3.8) is 0 Å². The van der Waals surface area contributed by atoms with Crippen LogP contribution in [-0.2, 0) is 12.8 Å². The molecule has 2 heterocycles. The second-order valence-electron chi connectivity index (χ2n) is 7.92. The van der Waals surface area contributed by atoms with Crippen molar-refractivity contribution >= 4 is 16.8 Å². The maximum Gasteiger partial charge on any atom is 0.253 e. The van der Waals surface area contributed by atoms with Crippen LogP contribution in [0.1, 0.15) is 27.9 Å². The van der Waals surface area contributed by atoms with Crippen LogP contribution in [0, 0.1) is 0 Å². The van der Waals surface area contributed by atoms with Crippen molar-refractivity contribution in [2.45, 2.75) is 25.3 Å². The van der Waals surface area contributed by atoms with Crippen LogP contribution < -0.4 is 0 Å². The fraction of sp³-hybridized carbons (Fsp3) is 0.333. The van der Waals surface area contributed by atoms with Gasteiger partial charge < -0.3 is 4.90 Å². The Balaban J connectivity index is 1.27. The quantitative estimate of drug-likeness (QED) is 0.691. The largest absolute Gasteiger partial charge is 0.337 e. The van der Waals surface area contributed by atoms with Crippen LogP contribution in [-0.4, -0.2) is 52.9 Å². The molecule has 0 atom stereocenters. The first-order valence-corrected chi connectivity index (χ1v) is 10.2. The summed E-state index contributed by atoms with van der Waals surface area (Å²) in [5, 5.41) is 1.02. The first-order valence-electron chi connectivity index (χ1n) is 10.2. The molecule has 142 valence electrons. The minimum absolute atomic E-state index is 0.141. The Kier molecular flexibility index (Phi) is 4.57. The van der Waals surface area contributed by atoms with Crippen LogP contribution in [0.4, 0.5) is 0 Å². The molecule has 1 amide bonds. The molecule has 1 aromatic heterocycles. The van der Waals surface area contributed by atoms with Crippen LogP contribution in [0.15, 0.2) is 60.8 Å².